The molecule has 0 unspecified atom stereocenters. The summed E-state index contributed by atoms with van der Waals surface area (Å²) in [6, 6.07) is 0. The fraction of sp³-hybridized carbons (Fsp3) is 0.333. The lowest BCUT2D eigenvalue weighted by molar-refractivity contribution is -0.124. The molecule has 1 heterocycles. The molecule has 0 saturated carbocycles. The number of carbonyl (C=O) groups is 2. The van der Waals surface area contributed by atoms with Crippen LogP contribution in [-0.2, 0) is 19.1 Å². The highest BCUT2D eigenvalue weighted by atomic mass is 16.7. The normalized spacial score (nSPS) is 18.8. The minimum absolute atomic E-state index is 0.0255. The third-order valence-corrected chi connectivity index (χ3v) is 1.40. The van der Waals surface area contributed by atoms with Gasteiger partial charge in [0.15, 0.2) is 5.78 Å². The van der Waals surface area contributed by atoms with Crippen LogP contribution in [0.1, 0.15) is 12.8 Å². The van der Waals surface area contributed by atoms with Gasteiger partial charge in [0.2, 0.25) is 6.79 Å². The second kappa shape index (κ2) is 5.13. The lowest BCUT2D eigenvalue weighted by atomic mass is 10.1. The van der Waals surface area contributed by atoms with Crippen molar-refractivity contribution in [2.75, 3.05) is 6.79 Å². The molecular formula is C9H10O4. The van der Waals surface area contributed by atoms with Crippen molar-refractivity contribution in [3.8, 4) is 0 Å². The zero-order chi connectivity index (χ0) is 9.52. The molecule has 0 aromatic rings. The van der Waals surface area contributed by atoms with Crippen LogP contribution in [-0.4, -0.2) is 18.4 Å². The van der Waals surface area contributed by atoms with Gasteiger partial charge in [0.1, 0.15) is 18.3 Å². The Bertz CT molecular complexity index is 246. The summed E-state index contributed by atoms with van der Waals surface area (Å²) in [6.07, 6.45) is 6.64. The molecule has 70 valence electrons. The number of hydrogen-bond donors (Lipinski definition) is 0. The molecule has 0 saturated heterocycles. The van der Waals surface area contributed by atoms with Gasteiger partial charge in [0, 0.05) is 6.42 Å². The Balaban J connectivity index is 0.000000145. The number of rotatable bonds is 0. The molecule has 0 N–H and O–H groups in total. The first-order chi connectivity index (χ1) is 6.29. The van der Waals surface area contributed by atoms with Crippen LogP contribution in [0.4, 0.5) is 0 Å². The van der Waals surface area contributed by atoms with E-state index in [1.165, 1.54) is 18.6 Å². The Morgan fingerprint density at radius 3 is 2.15 bits per heavy atom. The van der Waals surface area contributed by atoms with E-state index in [9.17, 15) is 9.59 Å². The van der Waals surface area contributed by atoms with Crippen molar-refractivity contribution in [3.05, 3.63) is 24.7 Å². The molecule has 0 bridgehead atoms. The van der Waals surface area contributed by atoms with E-state index in [1.807, 2.05) is 0 Å². The first-order valence-corrected chi connectivity index (χ1v) is 3.88. The van der Waals surface area contributed by atoms with Gasteiger partial charge in [-0.1, -0.05) is 6.08 Å². The van der Waals surface area contributed by atoms with Crippen molar-refractivity contribution in [1.29, 1.82) is 0 Å². The van der Waals surface area contributed by atoms with Crippen LogP contribution >= 0.6 is 0 Å². The van der Waals surface area contributed by atoms with Gasteiger partial charge in [-0.25, -0.2) is 0 Å². The molecule has 0 aromatic carbocycles. The lowest BCUT2D eigenvalue weighted by Gasteiger charge is -1.97. The van der Waals surface area contributed by atoms with Crippen molar-refractivity contribution >= 4 is 11.6 Å². The highest BCUT2D eigenvalue weighted by Gasteiger charge is 2.08. The largest absolute Gasteiger partial charge is 0.462 e. The summed E-state index contributed by atoms with van der Waals surface area (Å²) in [5.41, 5.74) is 0. The molecule has 0 radical (unpaired) electrons. The fourth-order valence-electron chi connectivity index (χ4n) is 0.844. The van der Waals surface area contributed by atoms with Gasteiger partial charge in [0.25, 0.3) is 0 Å². The van der Waals surface area contributed by atoms with E-state index in [-0.39, 0.29) is 18.0 Å². The molecule has 0 spiro atoms. The van der Waals surface area contributed by atoms with Gasteiger partial charge in [-0.2, -0.15) is 0 Å². The number of ether oxygens (including phenoxy) is 2. The van der Waals surface area contributed by atoms with E-state index in [0.29, 0.717) is 13.2 Å². The number of allylic oxidation sites excluding steroid dienone is 2. The van der Waals surface area contributed by atoms with Crippen molar-refractivity contribution in [3.63, 3.8) is 0 Å². The molecule has 1 aliphatic heterocycles. The fourth-order valence-corrected chi connectivity index (χ4v) is 0.844. The Kier molecular flexibility index (Phi) is 3.75. The van der Waals surface area contributed by atoms with Crippen LogP contribution in [0.5, 0.6) is 0 Å². The zero-order valence-electron chi connectivity index (χ0n) is 7.06. The molecule has 2 rings (SSSR count). The Labute approximate surface area is 75.8 Å². The van der Waals surface area contributed by atoms with Gasteiger partial charge in [-0.05, 0) is 6.08 Å². The van der Waals surface area contributed by atoms with E-state index in [4.69, 9.17) is 0 Å². The smallest absolute Gasteiger partial charge is 0.229 e. The van der Waals surface area contributed by atoms with E-state index < -0.39 is 0 Å². The third-order valence-electron chi connectivity index (χ3n) is 1.40. The van der Waals surface area contributed by atoms with Crippen LogP contribution in [0.3, 0.4) is 0 Å². The molecule has 4 heteroatoms. The number of hydrogen-bond acceptors (Lipinski definition) is 4. The predicted octanol–water partition coefficient (Wildman–Crippen LogP) is 0.936. The Morgan fingerprint density at radius 1 is 1.15 bits per heavy atom. The van der Waals surface area contributed by atoms with Gasteiger partial charge < -0.3 is 9.47 Å². The highest BCUT2D eigenvalue weighted by molar-refractivity contribution is 6.07. The van der Waals surface area contributed by atoms with Crippen LogP contribution in [0.25, 0.3) is 0 Å². The van der Waals surface area contributed by atoms with E-state index in [1.54, 1.807) is 6.08 Å². The summed E-state index contributed by atoms with van der Waals surface area (Å²) >= 11 is 0. The van der Waals surface area contributed by atoms with Gasteiger partial charge in [-0.15, -0.1) is 0 Å². The Hall–Kier alpha value is -1.58. The maximum atomic E-state index is 10.4. The molecular weight excluding hydrogens is 172 g/mol. The first-order valence-electron chi connectivity index (χ1n) is 3.88. The third kappa shape index (κ3) is 4.10. The summed E-state index contributed by atoms with van der Waals surface area (Å²) in [5, 5.41) is 0. The average molecular weight is 182 g/mol. The molecule has 0 amide bonds. The molecule has 2 aliphatic rings. The minimum Gasteiger partial charge on any atom is -0.462 e. The average Bonchev–Trinajstić information content (AvgIpc) is 2.59. The SMILES string of the molecule is C1=COCO1.O=C1C=CCC(=O)C1. The second-order valence-corrected chi connectivity index (χ2v) is 2.51. The molecule has 1 aliphatic carbocycles. The van der Waals surface area contributed by atoms with E-state index >= 15 is 0 Å². The highest BCUT2D eigenvalue weighted by Crippen LogP contribution is 2.00. The monoisotopic (exact) mass is 182 g/mol. The molecule has 13 heavy (non-hydrogen) atoms. The standard InChI is InChI=1S/C6H6O2.C3H4O2/c7-5-2-1-3-6(8)4-5;1-2-5-3-4-1/h1-2H,3-4H2;1-2H,3H2. The molecule has 0 fully saturated rings. The van der Waals surface area contributed by atoms with Gasteiger partial charge in [-0.3, -0.25) is 9.59 Å². The second-order valence-electron chi connectivity index (χ2n) is 2.51. The molecule has 0 aromatic heterocycles. The quantitative estimate of drug-likeness (QED) is 0.523. The van der Waals surface area contributed by atoms with Crippen molar-refractivity contribution in [2.45, 2.75) is 12.8 Å². The summed E-state index contributed by atoms with van der Waals surface area (Å²) in [7, 11) is 0. The minimum atomic E-state index is -0.0683. The maximum Gasteiger partial charge on any atom is 0.229 e. The topological polar surface area (TPSA) is 52.6 Å². The van der Waals surface area contributed by atoms with Crippen molar-refractivity contribution in [1.82, 2.24) is 0 Å². The lowest BCUT2D eigenvalue weighted by Crippen LogP contribution is -2.08. The van der Waals surface area contributed by atoms with E-state index in [2.05, 4.69) is 9.47 Å². The van der Waals surface area contributed by atoms with Gasteiger partial charge >= 0.3 is 0 Å². The summed E-state index contributed by atoms with van der Waals surface area (Å²) in [4.78, 5) is 20.8. The number of ketones is 2. The summed E-state index contributed by atoms with van der Waals surface area (Å²) in [5.74, 6) is -0.0428. The van der Waals surface area contributed by atoms with Gasteiger partial charge in [0.05, 0.1) is 6.42 Å². The zero-order valence-corrected chi connectivity index (χ0v) is 7.06. The van der Waals surface area contributed by atoms with Crippen LogP contribution < -0.4 is 0 Å². The summed E-state index contributed by atoms with van der Waals surface area (Å²) < 4.78 is 9.08. The molecule has 4 nitrogen and oxygen atoms in total. The summed E-state index contributed by atoms with van der Waals surface area (Å²) in [6.45, 7) is 0.389. The Morgan fingerprint density at radius 2 is 1.85 bits per heavy atom. The maximum absolute atomic E-state index is 10.4. The predicted molar refractivity (Wildman–Crippen MR) is 44.6 cm³/mol. The van der Waals surface area contributed by atoms with Crippen molar-refractivity contribution < 1.29 is 19.1 Å². The van der Waals surface area contributed by atoms with Crippen molar-refractivity contribution in [2.24, 2.45) is 0 Å². The first kappa shape index (κ1) is 9.51. The van der Waals surface area contributed by atoms with Crippen LogP contribution in [0.2, 0.25) is 0 Å². The van der Waals surface area contributed by atoms with Crippen LogP contribution in [0, 0.1) is 0 Å². The number of carbonyl (C=O) groups excluding carboxylic acids is 2. The number of Topliss-reactive ketones (excluding diaryl/α,β-unsaturated/α-hetero) is 1. The molecule has 0 atom stereocenters. The van der Waals surface area contributed by atoms with E-state index in [0.717, 1.165) is 0 Å². The van der Waals surface area contributed by atoms with Crippen LogP contribution in [0.15, 0.2) is 24.7 Å².